The van der Waals surface area contributed by atoms with Crippen molar-refractivity contribution in [2.45, 2.75) is 25.8 Å². The zero-order valence-corrected chi connectivity index (χ0v) is 13.3. The lowest BCUT2D eigenvalue weighted by Crippen LogP contribution is -2.41. The van der Waals surface area contributed by atoms with Gasteiger partial charge in [-0.3, -0.25) is 4.90 Å². The topological polar surface area (TPSA) is 75.1 Å². The maximum absolute atomic E-state index is 12.1. The lowest BCUT2D eigenvalue weighted by Gasteiger charge is -2.22. The van der Waals surface area contributed by atoms with Gasteiger partial charge in [0, 0.05) is 18.3 Å². The number of nitrogens with zero attached hydrogens (tertiary/aromatic N) is 4. The van der Waals surface area contributed by atoms with Crippen molar-refractivity contribution < 1.29 is 4.79 Å². The average molecular weight is 314 g/mol. The van der Waals surface area contributed by atoms with E-state index in [1.807, 2.05) is 24.3 Å². The van der Waals surface area contributed by atoms with Crippen LogP contribution in [-0.4, -0.2) is 51.4 Å². The SMILES string of the molecule is CCN1CCC[C@H]1CNC(=O)Nc1cccc(-n2cncn2)c1. The summed E-state index contributed by atoms with van der Waals surface area (Å²) < 4.78 is 1.65. The highest BCUT2D eigenvalue weighted by Crippen LogP contribution is 2.16. The minimum absolute atomic E-state index is 0.177. The highest BCUT2D eigenvalue weighted by Gasteiger charge is 2.23. The molecule has 1 saturated heterocycles. The van der Waals surface area contributed by atoms with Crippen molar-refractivity contribution >= 4 is 11.7 Å². The number of hydrogen-bond donors (Lipinski definition) is 2. The van der Waals surface area contributed by atoms with Crippen LogP contribution in [0.3, 0.4) is 0 Å². The van der Waals surface area contributed by atoms with Crippen molar-refractivity contribution in [3.05, 3.63) is 36.9 Å². The summed E-state index contributed by atoms with van der Waals surface area (Å²) in [6.45, 7) is 5.01. The molecule has 7 nitrogen and oxygen atoms in total. The van der Waals surface area contributed by atoms with Crippen LogP contribution in [0.4, 0.5) is 10.5 Å². The highest BCUT2D eigenvalue weighted by molar-refractivity contribution is 5.89. The van der Waals surface area contributed by atoms with Gasteiger partial charge in [0.15, 0.2) is 0 Å². The summed E-state index contributed by atoms with van der Waals surface area (Å²) in [5, 5.41) is 9.92. The van der Waals surface area contributed by atoms with Gasteiger partial charge in [0.25, 0.3) is 0 Å². The van der Waals surface area contributed by atoms with E-state index in [2.05, 4.69) is 32.5 Å². The van der Waals surface area contributed by atoms with E-state index in [0.29, 0.717) is 12.6 Å². The molecule has 0 aliphatic carbocycles. The van der Waals surface area contributed by atoms with E-state index in [1.54, 1.807) is 11.0 Å². The molecule has 1 atom stereocenters. The van der Waals surface area contributed by atoms with Crippen LogP contribution in [0.1, 0.15) is 19.8 Å². The maximum atomic E-state index is 12.1. The second-order valence-corrected chi connectivity index (χ2v) is 5.65. The van der Waals surface area contributed by atoms with Gasteiger partial charge in [0.05, 0.1) is 5.69 Å². The summed E-state index contributed by atoms with van der Waals surface area (Å²) in [7, 11) is 0. The Hall–Kier alpha value is -2.41. The smallest absolute Gasteiger partial charge is 0.319 e. The van der Waals surface area contributed by atoms with Crippen LogP contribution in [0, 0.1) is 0 Å². The largest absolute Gasteiger partial charge is 0.336 e. The number of likely N-dealkylation sites (N-methyl/N-ethyl adjacent to an activating group) is 1. The van der Waals surface area contributed by atoms with E-state index >= 15 is 0 Å². The fraction of sp³-hybridized carbons (Fsp3) is 0.438. The number of carbonyl (C=O) groups is 1. The van der Waals surface area contributed by atoms with Gasteiger partial charge in [-0.15, -0.1) is 0 Å². The number of anilines is 1. The third-order valence-electron chi connectivity index (χ3n) is 4.19. The van der Waals surface area contributed by atoms with E-state index < -0.39 is 0 Å². The van der Waals surface area contributed by atoms with Crippen LogP contribution >= 0.6 is 0 Å². The molecule has 0 unspecified atom stereocenters. The molecule has 23 heavy (non-hydrogen) atoms. The second-order valence-electron chi connectivity index (χ2n) is 5.65. The first-order valence-electron chi connectivity index (χ1n) is 8.00. The molecular formula is C16H22N6O. The van der Waals surface area contributed by atoms with E-state index in [4.69, 9.17) is 0 Å². The van der Waals surface area contributed by atoms with Crippen molar-refractivity contribution in [3.8, 4) is 5.69 Å². The summed E-state index contributed by atoms with van der Waals surface area (Å²) >= 11 is 0. The Bertz CT molecular complexity index is 642. The first kappa shape index (κ1) is 15.5. The summed E-state index contributed by atoms with van der Waals surface area (Å²) in [5.74, 6) is 0. The highest BCUT2D eigenvalue weighted by atomic mass is 16.2. The predicted octanol–water partition coefficient (Wildman–Crippen LogP) is 1.87. The lowest BCUT2D eigenvalue weighted by atomic mass is 10.2. The van der Waals surface area contributed by atoms with Gasteiger partial charge in [-0.2, -0.15) is 5.10 Å². The van der Waals surface area contributed by atoms with Crippen LogP contribution in [-0.2, 0) is 0 Å². The Morgan fingerprint density at radius 2 is 2.35 bits per heavy atom. The number of likely N-dealkylation sites (tertiary alicyclic amines) is 1. The Balaban J connectivity index is 1.55. The molecular weight excluding hydrogens is 292 g/mol. The van der Waals surface area contributed by atoms with E-state index in [1.165, 1.54) is 12.7 Å². The zero-order valence-electron chi connectivity index (χ0n) is 13.3. The number of urea groups is 1. The molecule has 0 bridgehead atoms. The number of carbonyl (C=O) groups excluding carboxylic acids is 1. The van der Waals surface area contributed by atoms with Gasteiger partial charge in [0.1, 0.15) is 12.7 Å². The Labute approximate surface area is 135 Å². The first-order valence-corrected chi connectivity index (χ1v) is 8.00. The van der Waals surface area contributed by atoms with Gasteiger partial charge in [-0.1, -0.05) is 13.0 Å². The fourth-order valence-electron chi connectivity index (χ4n) is 3.00. The van der Waals surface area contributed by atoms with Gasteiger partial charge >= 0.3 is 6.03 Å². The molecule has 7 heteroatoms. The second kappa shape index (κ2) is 7.23. The summed E-state index contributed by atoms with van der Waals surface area (Å²) in [6.07, 6.45) is 5.46. The van der Waals surface area contributed by atoms with Crippen LogP contribution in [0.15, 0.2) is 36.9 Å². The third kappa shape index (κ3) is 3.87. The lowest BCUT2D eigenvalue weighted by molar-refractivity contribution is 0.238. The minimum Gasteiger partial charge on any atom is -0.336 e. The summed E-state index contributed by atoms with van der Waals surface area (Å²) in [6, 6.07) is 7.78. The number of amides is 2. The minimum atomic E-state index is -0.177. The molecule has 0 spiro atoms. The Kier molecular flexibility index (Phi) is 4.87. The van der Waals surface area contributed by atoms with Gasteiger partial charge in [-0.25, -0.2) is 14.5 Å². The molecule has 1 aliphatic rings. The predicted molar refractivity (Wildman–Crippen MR) is 88.6 cm³/mol. The number of aromatic nitrogens is 3. The number of hydrogen-bond acceptors (Lipinski definition) is 4. The molecule has 3 rings (SSSR count). The normalized spacial score (nSPS) is 18.0. The van der Waals surface area contributed by atoms with Crippen molar-refractivity contribution in [2.24, 2.45) is 0 Å². The van der Waals surface area contributed by atoms with E-state index in [9.17, 15) is 4.79 Å². The van der Waals surface area contributed by atoms with Crippen molar-refractivity contribution in [3.63, 3.8) is 0 Å². The molecule has 122 valence electrons. The molecule has 2 aromatic rings. The van der Waals surface area contributed by atoms with Crippen LogP contribution < -0.4 is 10.6 Å². The third-order valence-corrected chi connectivity index (χ3v) is 4.19. The molecule has 1 aliphatic heterocycles. The van der Waals surface area contributed by atoms with E-state index in [0.717, 1.165) is 30.9 Å². The number of nitrogens with one attached hydrogen (secondary N) is 2. The number of rotatable bonds is 5. The van der Waals surface area contributed by atoms with Crippen molar-refractivity contribution in [2.75, 3.05) is 25.0 Å². The van der Waals surface area contributed by atoms with Gasteiger partial charge in [-0.05, 0) is 44.1 Å². The molecule has 1 fully saturated rings. The van der Waals surface area contributed by atoms with Crippen LogP contribution in [0.5, 0.6) is 0 Å². The molecule has 0 saturated carbocycles. The molecule has 2 heterocycles. The van der Waals surface area contributed by atoms with Crippen molar-refractivity contribution in [1.29, 1.82) is 0 Å². The van der Waals surface area contributed by atoms with Crippen LogP contribution in [0.25, 0.3) is 5.69 Å². The molecule has 0 radical (unpaired) electrons. The van der Waals surface area contributed by atoms with Crippen molar-refractivity contribution in [1.82, 2.24) is 25.0 Å². The van der Waals surface area contributed by atoms with Gasteiger partial charge in [0.2, 0.25) is 0 Å². The zero-order chi connectivity index (χ0) is 16.1. The molecule has 1 aromatic carbocycles. The molecule has 2 N–H and O–H groups in total. The fourth-order valence-corrected chi connectivity index (χ4v) is 3.00. The van der Waals surface area contributed by atoms with E-state index in [-0.39, 0.29) is 6.03 Å². The first-order chi connectivity index (χ1) is 11.3. The molecule has 2 amide bonds. The Morgan fingerprint density at radius 1 is 1.43 bits per heavy atom. The molecule has 1 aromatic heterocycles. The van der Waals surface area contributed by atoms with Crippen LogP contribution in [0.2, 0.25) is 0 Å². The summed E-state index contributed by atoms with van der Waals surface area (Å²) in [4.78, 5) is 18.4. The van der Waals surface area contributed by atoms with Gasteiger partial charge < -0.3 is 10.6 Å². The summed E-state index contributed by atoms with van der Waals surface area (Å²) in [5.41, 5.74) is 1.59. The Morgan fingerprint density at radius 3 is 3.13 bits per heavy atom. The maximum Gasteiger partial charge on any atom is 0.319 e. The quantitative estimate of drug-likeness (QED) is 0.883. The number of benzene rings is 1. The monoisotopic (exact) mass is 314 g/mol. The average Bonchev–Trinajstić information content (AvgIpc) is 3.24. The standard InChI is InChI=1S/C16H22N6O/c1-2-21-8-4-7-15(21)10-18-16(23)20-13-5-3-6-14(9-13)22-12-17-11-19-22/h3,5-6,9,11-12,15H,2,4,7-8,10H2,1H3,(H2,18,20,23)/t15-/m0/s1.